The lowest BCUT2D eigenvalue weighted by atomic mass is 9.81. The predicted molar refractivity (Wildman–Crippen MR) is 41.2 cm³/mol. The summed E-state index contributed by atoms with van der Waals surface area (Å²) >= 11 is 0. The molecule has 0 aromatic carbocycles. The van der Waals surface area contributed by atoms with Crippen molar-refractivity contribution >= 4 is 5.78 Å². The van der Waals surface area contributed by atoms with Crippen LogP contribution in [-0.2, 0) is 4.79 Å². The zero-order valence-electron chi connectivity index (χ0n) is 6.46. The maximum atomic E-state index is 12.4. The molecule has 0 saturated heterocycles. The first kappa shape index (κ1) is 7.40. The number of ketones is 1. The smallest absolute Gasteiger partial charge is 0.141 e. The molecule has 1 heterocycles. The summed E-state index contributed by atoms with van der Waals surface area (Å²) in [5, 5.41) is 0. The summed E-state index contributed by atoms with van der Waals surface area (Å²) in [7, 11) is 0. The molecule has 0 aliphatic heterocycles. The van der Waals surface area contributed by atoms with Gasteiger partial charge in [0.15, 0.2) is 0 Å². The first-order valence-electron chi connectivity index (χ1n) is 3.89. The molecular formula is C9H8FNO. The molecule has 0 radical (unpaired) electrons. The SMILES string of the molecule is O=C1CC(c2ccc(F)cn2)C1. The van der Waals surface area contributed by atoms with Crippen LogP contribution in [0.25, 0.3) is 0 Å². The Bertz CT molecular complexity index is 299. The molecule has 0 atom stereocenters. The molecule has 0 spiro atoms. The lowest BCUT2D eigenvalue weighted by molar-refractivity contribution is -0.124. The highest BCUT2D eigenvalue weighted by Gasteiger charge is 2.28. The highest BCUT2D eigenvalue weighted by Crippen LogP contribution is 2.31. The van der Waals surface area contributed by atoms with E-state index in [0.717, 1.165) is 5.69 Å². The molecule has 0 amide bonds. The number of hydrogen-bond acceptors (Lipinski definition) is 2. The van der Waals surface area contributed by atoms with Gasteiger partial charge in [0.25, 0.3) is 0 Å². The van der Waals surface area contributed by atoms with Gasteiger partial charge in [-0.15, -0.1) is 0 Å². The van der Waals surface area contributed by atoms with Gasteiger partial charge in [-0.25, -0.2) is 4.39 Å². The summed E-state index contributed by atoms with van der Waals surface area (Å²) in [5.74, 6) is 0.175. The lowest BCUT2D eigenvalue weighted by Gasteiger charge is -2.22. The van der Waals surface area contributed by atoms with E-state index in [1.807, 2.05) is 0 Å². The van der Waals surface area contributed by atoms with E-state index in [1.165, 1.54) is 12.3 Å². The minimum absolute atomic E-state index is 0.234. The Morgan fingerprint density at radius 2 is 2.17 bits per heavy atom. The second-order valence-electron chi connectivity index (χ2n) is 3.05. The van der Waals surface area contributed by atoms with Gasteiger partial charge in [-0.3, -0.25) is 9.78 Å². The van der Waals surface area contributed by atoms with Gasteiger partial charge in [0, 0.05) is 24.5 Å². The van der Waals surface area contributed by atoms with Crippen LogP contribution in [0.3, 0.4) is 0 Å². The van der Waals surface area contributed by atoms with Crippen LogP contribution in [0.4, 0.5) is 4.39 Å². The molecule has 2 nitrogen and oxygen atoms in total. The van der Waals surface area contributed by atoms with Crippen molar-refractivity contribution < 1.29 is 9.18 Å². The van der Waals surface area contributed by atoms with Crippen LogP contribution in [0.2, 0.25) is 0 Å². The topological polar surface area (TPSA) is 30.0 Å². The standard InChI is InChI=1S/C9H8FNO/c10-7-1-2-9(11-5-7)6-3-8(12)4-6/h1-2,5-6H,3-4H2. The zero-order chi connectivity index (χ0) is 8.55. The molecule has 2 rings (SSSR count). The van der Waals surface area contributed by atoms with Crippen molar-refractivity contribution in [2.24, 2.45) is 0 Å². The third-order valence-electron chi connectivity index (χ3n) is 2.12. The fourth-order valence-electron chi connectivity index (χ4n) is 1.33. The Labute approximate surface area is 69.4 Å². The Morgan fingerprint density at radius 1 is 1.42 bits per heavy atom. The molecule has 62 valence electrons. The van der Waals surface area contributed by atoms with Crippen LogP contribution in [-0.4, -0.2) is 10.8 Å². The van der Waals surface area contributed by atoms with Crippen LogP contribution >= 0.6 is 0 Å². The first-order valence-corrected chi connectivity index (χ1v) is 3.89. The van der Waals surface area contributed by atoms with Crippen molar-refractivity contribution in [1.82, 2.24) is 4.98 Å². The Balaban J connectivity index is 2.14. The third-order valence-corrected chi connectivity index (χ3v) is 2.12. The van der Waals surface area contributed by atoms with E-state index >= 15 is 0 Å². The molecule has 1 aromatic heterocycles. The molecule has 1 aromatic rings. The predicted octanol–water partition coefficient (Wildman–Crippen LogP) is 1.67. The minimum atomic E-state index is -0.329. The number of rotatable bonds is 1. The summed E-state index contributed by atoms with van der Waals surface area (Å²) in [6.07, 6.45) is 2.33. The van der Waals surface area contributed by atoms with E-state index in [1.54, 1.807) is 6.07 Å². The van der Waals surface area contributed by atoms with Gasteiger partial charge in [-0.2, -0.15) is 0 Å². The van der Waals surface area contributed by atoms with Crippen LogP contribution in [0.5, 0.6) is 0 Å². The van der Waals surface area contributed by atoms with Gasteiger partial charge in [-0.05, 0) is 12.1 Å². The summed E-state index contributed by atoms with van der Waals surface area (Å²) < 4.78 is 12.4. The maximum Gasteiger partial charge on any atom is 0.141 e. The summed E-state index contributed by atoms with van der Waals surface area (Å²) in [5.41, 5.74) is 0.830. The largest absolute Gasteiger partial charge is 0.300 e. The minimum Gasteiger partial charge on any atom is -0.300 e. The number of halogens is 1. The number of carbonyl (C=O) groups is 1. The number of carbonyl (C=O) groups excluding carboxylic acids is 1. The summed E-state index contributed by atoms with van der Waals surface area (Å²) in [6.45, 7) is 0. The van der Waals surface area contributed by atoms with Crippen molar-refractivity contribution in [2.75, 3.05) is 0 Å². The summed E-state index contributed by atoms with van der Waals surface area (Å²) in [4.78, 5) is 14.6. The quantitative estimate of drug-likeness (QED) is 0.633. The molecular weight excluding hydrogens is 157 g/mol. The fraction of sp³-hybridized carbons (Fsp3) is 0.333. The van der Waals surface area contributed by atoms with Gasteiger partial charge < -0.3 is 0 Å². The van der Waals surface area contributed by atoms with Crippen LogP contribution < -0.4 is 0 Å². The maximum absolute atomic E-state index is 12.4. The number of hydrogen-bond donors (Lipinski definition) is 0. The summed E-state index contributed by atoms with van der Waals surface area (Å²) in [6, 6.07) is 3.03. The average Bonchev–Trinajstić information content (AvgIpc) is 2.01. The van der Waals surface area contributed by atoms with Crippen molar-refractivity contribution in [2.45, 2.75) is 18.8 Å². The molecule has 1 aliphatic rings. The van der Waals surface area contributed by atoms with Gasteiger partial charge in [-0.1, -0.05) is 0 Å². The van der Waals surface area contributed by atoms with Crippen LogP contribution in [0, 0.1) is 5.82 Å². The molecule has 0 unspecified atom stereocenters. The third kappa shape index (κ3) is 1.22. The Kier molecular flexibility index (Phi) is 1.64. The highest BCUT2D eigenvalue weighted by molar-refractivity contribution is 5.86. The van der Waals surface area contributed by atoms with E-state index < -0.39 is 0 Å². The normalized spacial score (nSPS) is 17.6. The Hall–Kier alpha value is -1.25. The van der Waals surface area contributed by atoms with E-state index in [0.29, 0.717) is 12.8 Å². The van der Waals surface area contributed by atoms with E-state index in [2.05, 4.69) is 4.98 Å². The molecule has 0 N–H and O–H groups in total. The van der Waals surface area contributed by atoms with E-state index in [-0.39, 0.29) is 17.5 Å². The lowest BCUT2D eigenvalue weighted by Crippen LogP contribution is -2.21. The number of pyridine rings is 1. The first-order chi connectivity index (χ1) is 5.75. The molecule has 0 bridgehead atoms. The molecule has 1 aliphatic carbocycles. The van der Waals surface area contributed by atoms with Gasteiger partial charge >= 0.3 is 0 Å². The average molecular weight is 165 g/mol. The second kappa shape index (κ2) is 2.66. The highest BCUT2D eigenvalue weighted by atomic mass is 19.1. The van der Waals surface area contributed by atoms with Crippen LogP contribution in [0.15, 0.2) is 18.3 Å². The van der Waals surface area contributed by atoms with Crippen molar-refractivity contribution in [3.8, 4) is 0 Å². The Morgan fingerprint density at radius 3 is 2.67 bits per heavy atom. The molecule has 3 heteroatoms. The number of aromatic nitrogens is 1. The van der Waals surface area contributed by atoms with Crippen molar-refractivity contribution in [1.29, 1.82) is 0 Å². The van der Waals surface area contributed by atoms with Crippen molar-refractivity contribution in [3.05, 3.63) is 29.8 Å². The van der Waals surface area contributed by atoms with E-state index in [9.17, 15) is 9.18 Å². The van der Waals surface area contributed by atoms with Gasteiger partial charge in [0.2, 0.25) is 0 Å². The van der Waals surface area contributed by atoms with Gasteiger partial charge in [0.1, 0.15) is 11.6 Å². The molecule has 1 fully saturated rings. The molecule has 12 heavy (non-hydrogen) atoms. The second-order valence-corrected chi connectivity index (χ2v) is 3.05. The van der Waals surface area contributed by atoms with Crippen molar-refractivity contribution in [3.63, 3.8) is 0 Å². The fourth-order valence-corrected chi connectivity index (χ4v) is 1.33. The van der Waals surface area contributed by atoms with Gasteiger partial charge in [0.05, 0.1) is 6.20 Å². The number of nitrogens with zero attached hydrogens (tertiary/aromatic N) is 1. The molecule has 1 saturated carbocycles. The zero-order valence-corrected chi connectivity index (χ0v) is 6.46. The van der Waals surface area contributed by atoms with Crippen LogP contribution in [0.1, 0.15) is 24.5 Å². The van der Waals surface area contributed by atoms with E-state index in [4.69, 9.17) is 0 Å². The monoisotopic (exact) mass is 165 g/mol. The number of Topliss-reactive ketones (excluding diaryl/α,β-unsaturated/α-hetero) is 1.